The quantitative estimate of drug-likeness (QED) is 0.811. The number of morpholine rings is 1. The average Bonchev–Trinajstić information content (AvgIpc) is 2.97. The second kappa shape index (κ2) is 6.44. The Morgan fingerprint density at radius 2 is 2.04 bits per heavy atom. The molecule has 134 valence electrons. The number of fused-ring (bicyclic) bond motifs is 3. The van der Waals surface area contributed by atoms with Gasteiger partial charge in [-0.1, -0.05) is 0 Å². The lowest BCUT2D eigenvalue weighted by Crippen LogP contribution is -2.39. The number of nitrogens with zero attached hydrogens (tertiary/aromatic N) is 3. The lowest BCUT2D eigenvalue weighted by atomic mass is 9.96. The fraction of sp³-hybridized carbons (Fsp3) is 0.529. The van der Waals surface area contributed by atoms with Crippen LogP contribution in [0.3, 0.4) is 0 Å². The highest BCUT2D eigenvalue weighted by Crippen LogP contribution is 2.41. The molecule has 0 aliphatic carbocycles. The van der Waals surface area contributed by atoms with Gasteiger partial charge in [-0.2, -0.15) is 0 Å². The second-order valence-electron chi connectivity index (χ2n) is 6.50. The average molecular weight is 362 g/mol. The third-order valence-electron chi connectivity index (χ3n) is 4.92. The van der Waals surface area contributed by atoms with Gasteiger partial charge in [-0.15, -0.1) is 11.3 Å². The summed E-state index contributed by atoms with van der Waals surface area (Å²) in [6, 6.07) is 0. The van der Waals surface area contributed by atoms with Gasteiger partial charge < -0.3 is 25.0 Å². The minimum Gasteiger partial charge on any atom is -0.465 e. The van der Waals surface area contributed by atoms with Crippen molar-refractivity contribution in [1.82, 2.24) is 9.88 Å². The van der Waals surface area contributed by atoms with Crippen LogP contribution in [-0.4, -0.2) is 62.9 Å². The summed E-state index contributed by atoms with van der Waals surface area (Å²) in [6.07, 6.45) is 0.906. The van der Waals surface area contributed by atoms with E-state index in [1.54, 1.807) is 0 Å². The van der Waals surface area contributed by atoms with Crippen molar-refractivity contribution in [3.05, 3.63) is 16.0 Å². The Bertz CT molecular complexity index is 829. The van der Waals surface area contributed by atoms with E-state index in [1.165, 1.54) is 29.6 Å². The number of thiophene rings is 1. The zero-order chi connectivity index (χ0) is 17.6. The number of carbonyl (C=O) groups excluding carboxylic acids is 1. The Morgan fingerprint density at radius 1 is 1.28 bits per heavy atom. The largest absolute Gasteiger partial charge is 0.465 e. The van der Waals surface area contributed by atoms with Crippen LogP contribution in [0.25, 0.3) is 10.2 Å². The molecule has 4 heterocycles. The lowest BCUT2D eigenvalue weighted by molar-refractivity contribution is 0.0607. The van der Waals surface area contributed by atoms with Gasteiger partial charge in [0.15, 0.2) is 0 Å². The number of pyridine rings is 1. The molecule has 0 unspecified atom stereocenters. The van der Waals surface area contributed by atoms with E-state index in [0.29, 0.717) is 23.8 Å². The van der Waals surface area contributed by atoms with Crippen LogP contribution in [0.5, 0.6) is 0 Å². The van der Waals surface area contributed by atoms with Crippen molar-refractivity contribution in [3.8, 4) is 0 Å². The number of esters is 1. The molecule has 0 saturated carbocycles. The fourth-order valence-corrected chi connectivity index (χ4v) is 4.67. The van der Waals surface area contributed by atoms with Crippen LogP contribution in [-0.2, 0) is 22.4 Å². The van der Waals surface area contributed by atoms with Gasteiger partial charge in [-0.25, -0.2) is 9.78 Å². The molecule has 0 aromatic carbocycles. The minimum atomic E-state index is -0.393. The molecule has 0 bridgehead atoms. The first-order chi connectivity index (χ1) is 12.1. The van der Waals surface area contributed by atoms with Gasteiger partial charge in [0.25, 0.3) is 0 Å². The highest BCUT2D eigenvalue weighted by atomic mass is 32.1. The van der Waals surface area contributed by atoms with Gasteiger partial charge in [0.2, 0.25) is 0 Å². The van der Waals surface area contributed by atoms with Crippen LogP contribution in [0.2, 0.25) is 0 Å². The Morgan fingerprint density at radius 3 is 2.76 bits per heavy atom. The van der Waals surface area contributed by atoms with Crippen molar-refractivity contribution in [2.75, 3.05) is 57.6 Å². The van der Waals surface area contributed by atoms with Crippen LogP contribution < -0.4 is 10.6 Å². The number of anilines is 2. The Kier molecular flexibility index (Phi) is 4.26. The highest BCUT2D eigenvalue weighted by molar-refractivity contribution is 7.21. The summed E-state index contributed by atoms with van der Waals surface area (Å²) in [6.45, 7) is 4.90. The molecule has 0 atom stereocenters. The van der Waals surface area contributed by atoms with Gasteiger partial charge in [0, 0.05) is 37.1 Å². The number of methoxy groups -OCH3 is 1. The van der Waals surface area contributed by atoms with Crippen LogP contribution in [0, 0.1) is 0 Å². The lowest BCUT2D eigenvalue weighted by Gasteiger charge is -2.33. The van der Waals surface area contributed by atoms with E-state index in [9.17, 15) is 4.79 Å². The Balaban J connectivity index is 1.93. The third kappa shape index (κ3) is 2.74. The first kappa shape index (κ1) is 16.6. The van der Waals surface area contributed by atoms with Gasteiger partial charge in [-0.05, 0) is 19.0 Å². The van der Waals surface area contributed by atoms with Gasteiger partial charge >= 0.3 is 5.97 Å². The van der Waals surface area contributed by atoms with Crippen LogP contribution in [0.1, 0.15) is 20.8 Å². The van der Waals surface area contributed by atoms with E-state index < -0.39 is 5.97 Å². The molecule has 2 aromatic heterocycles. The van der Waals surface area contributed by atoms with Crippen molar-refractivity contribution >= 4 is 39.0 Å². The molecular formula is C17H22N4O3S. The number of rotatable bonds is 2. The van der Waals surface area contributed by atoms with Crippen molar-refractivity contribution in [3.63, 3.8) is 0 Å². The Labute approximate surface area is 150 Å². The van der Waals surface area contributed by atoms with Crippen LogP contribution >= 0.6 is 11.3 Å². The van der Waals surface area contributed by atoms with Gasteiger partial charge in [-0.3, -0.25) is 0 Å². The van der Waals surface area contributed by atoms with E-state index in [-0.39, 0.29) is 0 Å². The number of ether oxygens (including phenoxy) is 2. The van der Waals surface area contributed by atoms with E-state index in [1.807, 2.05) is 0 Å². The van der Waals surface area contributed by atoms with E-state index in [2.05, 4.69) is 16.8 Å². The minimum absolute atomic E-state index is 0.393. The molecule has 2 aliphatic heterocycles. The van der Waals surface area contributed by atoms with E-state index in [4.69, 9.17) is 20.2 Å². The SMILES string of the molecule is COC(=O)c1sc2nc(N3CCOCC3)c3c(c2c1N)CCN(C)C3. The first-order valence-electron chi connectivity index (χ1n) is 8.43. The Hall–Kier alpha value is -1.90. The summed E-state index contributed by atoms with van der Waals surface area (Å²) in [5.74, 6) is 0.616. The van der Waals surface area contributed by atoms with Crippen molar-refractivity contribution in [2.24, 2.45) is 0 Å². The van der Waals surface area contributed by atoms with Crippen molar-refractivity contribution in [1.29, 1.82) is 0 Å². The number of nitrogen functional groups attached to an aromatic ring is 1. The molecule has 1 fully saturated rings. The number of hydrogen-bond donors (Lipinski definition) is 1. The molecule has 7 nitrogen and oxygen atoms in total. The number of aromatic nitrogens is 1. The third-order valence-corrected chi connectivity index (χ3v) is 6.00. The molecule has 2 N–H and O–H groups in total. The monoisotopic (exact) mass is 362 g/mol. The predicted octanol–water partition coefficient (Wildman–Crippen LogP) is 1.49. The summed E-state index contributed by atoms with van der Waals surface area (Å²) in [5, 5.41) is 0.936. The topological polar surface area (TPSA) is 80.9 Å². The summed E-state index contributed by atoms with van der Waals surface area (Å²) in [5.41, 5.74) is 9.29. The summed E-state index contributed by atoms with van der Waals surface area (Å²) < 4.78 is 10.4. The molecule has 0 radical (unpaired) electrons. The fourth-order valence-electron chi connectivity index (χ4n) is 3.63. The van der Waals surface area contributed by atoms with Gasteiger partial charge in [0.05, 0.1) is 26.0 Å². The van der Waals surface area contributed by atoms with E-state index in [0.717, 1.165) is 48.6 Å². The smallest absolute Gasteiger partial charge is 0.350 e. The van der Waals surface area contributed by atoms with Crippen molar-refractivity contribution in [2.45, 2.75) is 13.0 Å². The van der Waals surface area contributed by atoms with Crippen LogP contribution in [0.15, 0.2) is 0 Å². The summed E-state index contributed by atoms with van der Waals surface area (Å²) >= 11 is 1.33. The second-order valence-corrected chi connectivity index (χ2v) is 7.50. The number of carbonyl (C=O) groups is 1. The summed E-state index contributed by atoms with van der Waals surface area (Å²) in [4.78, 5) is 22.8. The molecule has 8 heteroatoms. The molecule has 2 aromatic rings. The molecular weight excluding hydrogens is 340 g/mol. The summed E-state index contributed by atoms with van der Waals surface area (Å²) in [7, 11) is 3.50. The zero-order valence-corrected chi connectivity index (χ0v) is 15.3. The molecule has 25 heavy (non-hydrogen) atoms. The zero-order valence-electron chi connectivity index (χ0n) is 14.5. The molecule has 1 saturated heterocycles. The number of likely N-dealkylation sites (N-methyl/N-ethyl adjacent to an activating group) is 1. The molecule has 0 amide bonds. The maximum Gasteiger partial charge on any atom is 0.350 e. The standard InChI is InChI=1S/C17H22N4O3S/c1-20-4-3-10-11(9-20)15(21-5-7-24-8-6-21)19-16-12(10)13(18)14(25-16)17(22)23-2/h3-9,18H2,1-2H3. The molecule has 0 spiro atoms. The normalized spacial score (nSPS) is 18.4. The van der Waals surface area contributed by atoms with E-state index >= 15 is 0 Å². The van der Waals surface area contributed by atoms with Crippen molar-refractivity contribution < 1.29 is 14.3 Å². The maximum absolute atomic E-state index is 12.1. The van der Waals surface area contributed by atoms with Gasteiger partial charge in [0.1, 0.15) is 15.5 Å². The number of nitrogens with two attached hydrogens (primary N) is 1. The molecule has 4 rings (SSSR count). The predicted molar refractivity (Wildman–Crippen MR) is 98.4 cm³/mol. The number of hydrogen-bond acceptors (Lipinski definition) is 8. The maximum atomic E-state index is 12.1. The van der Waals surface area contributed by atoms with Crippen LogP contribution in [0.4, 0.5) is 11.5 Å². The molecule has 2 aliphatic rings. The first-order valence-corrected chi connectivity index (χ1v) is 9.25. The highest BCUT2D eigenvalue weighted by Gasteiger charge is 2.29.